The van der Waals surface area contributed by atoms with Gasteiger partial charge in [-0.3, -0.25) is 39.2 Å². The summed E-state index contributed by atoms with van der Waals surface area (Å²) in [7, 11) is 0. The number of nitrogens with zero attached hydrogens (tertiary/aromatic N) is 4. The third kappa shape index (κ3) is 9.79. The molecule has 1 heterocycles. The summed E-state index contributed by atoms with van der Waals surface area (Å²) < 4.78 is 5.57. The lowest BCUT2D eigenvalue weighted by Crippen LogP contribution is -2.52. The Morgan fingerprint density at radius 3 is 2.00 bits per heavy atom. The molecule has 0 radical (unpaired) electrons. The van der Waals surface area contributed by atoms with Crippen LogP contribution in [-0.4, -0.2) is 124 Å². The van der Waals surface area contributed by atoms with Crippen molar-refractivity contribution in [3.63, 3.8) is 0 Å². The van der Waals surface area contributed by atoms with Crippen LogP contribution in [0.5, 0.6) is 0 Å². The van der Waals surface area contributed by atoms with E-state index in [4.69, 9.17) is 4.74 Å². The second kappa shape index (κ2) is 13.5. The molecule has 0 bridgehead atoms. The first-order valence-electron chi connectivity index (χ1n) is 10.8. The first-order valence-corrected chi connectivity index (χ1v) is 10.8. The van der Waals surface area contributed by atoms with Crippen LogP contribution in [0.25, 0.3) is 0 Å². The van der Waals surface area contributed by atoms with E-state index in [1.165, 1.54) is 12.1 Å². The summed E-state index contributed by atoms with van der Waals surface area (Å²) in [5.41, 5.74) is 0.658. The maximum absolute atomic E-state index is 11.6. The second-order valence-corrected chi connectivity index (χ2v) is 8.06. The molecule has 34 heavy (non-hydrogen) atoms. The van der Waals surface area contributed by atoms with Crippen molar-refractivity contribution in [2.45, 2.75) is 12.5 Å². The predicted molar refractivity (Wildman–Crippen MR) is 119 cm³/mol. The Balaban J connectivity index is 2.32. The number of carboxylic acids is 3. The Morgan fingerprint density at radius 1 is 0.882 bits per heavy atom. The van der Waals surface area contributed by atoms with E-state index < -0.39 is 28.9 Å². The number of nitro groups is 1. The summed E-state index contributed by atoms with van der Waals surface area (Å²) in [6.45, 7) is 1.05. The summed E-state index contributed by atoms with van der Waals surface area (Å²) in [4.78, 5) is 49.7. The van der Waals surface area contributed by atoms with E-state index in [0.717, 1.165) is 5.56 Å². The van der Waals surface area contributed by atoms with Crippen molar-refractivity contribution in [2.75, 3.05) is 65.6 Å². The monoisotopic (exact) mass is 482 g/mol. The van der Waals surface area contributed by atoms with Gasteiger partial charge in [0.05, 0.1) is 37.8 Å². The Bertz CT molecular complexity index is 849. The van der Waals surface area contributed by atoms with Gasteiger partial charge in [0.1, 0.15) is 0 Å². The minimum absolute atomic E-state index is 0.0706. The topological polar surface area (TPSA) is 174 Å². The molecule has 1 aliphatic rings. The number of benzene rings is 1. The van der Waals surface area contributed by atoms with Gasteiger partial charge >= 0.3 is 17.9 Å². The average molecular weight is 482 g/mol. The lowest BCUT2D eigenvalue weighted by molar-refractivity contribution is -0.384. The number of hydrogen-bond acceptors (Lipinski definition) is 9. The van der Waals surface area contributed by atoms with E-state index in [1.54, 1.807) is 26.8 Å². The van der Waals surface area contributed by atoms with E-state index in [0.29, 0.717) is 19.5 Å². The van der Waals surface area contributed by atoms with Crippen LogP contribution in [0, 0.1) is 10.1 Å². The van der Waals surface area contributed by atoms with Crippen molar-refractivity contribution >= 4 is 23.6 Å². The van der Waals surface area contributed by atoms with Gasteiger partial charge in [-0.05, 0) is 12.0 Å². The zero-order chi connectivity index (χ0) is 25.1. The fraction of sp³-hybridized carbons (Fsp3) is 0.571. The SMILES string of the molecule is O=C(O)CN1CCOCCN(CC(=O)O)CC(Cc2ccc([N+](=O)[O-])cc2)N(CC(=O)O)CC1. The number of carboxylic acid groups (broad SMARTS) is 3. The molecule has 1 fully saturated rings. The number of nitro benzene ring substituents is 1. The standard InChI is InChI=1S/C21H30N4O9/c26-19(27)13-22-5-6-24(15-21(30)31)18(11-16-1-3-17(4-2-16)25(32)33)12-23(14-20(28)29)8-10-34-9-7-22/h1-4,18H,5-15H2,(H,26,27)(H,28,29)(H,30,31). The van der Waals surface area contributed by atoms with Crippen molar-refractivity contribution in [3.05, 3.63) is 39.9 Å². The van der Waals surface area contributed by atoms with E-state index in [-0.39, 0.29) is 58.2 Å². The lowest BCUT2D eigenvalue weighted by atomic mass is 10.0. The second-order valence-electron chi connectivity index (χ2n) is 8.06. The smallest absolute Gasteiger partial charge is 0.317 e. The van der Waals surface area contributed by atoms with Crippen molar-refractivity contribution in [3.8, 4) is 0 Å². The van der Waals surface area contributed by atoms with Crippen LogP contribution < -0.4 is 0 Å². The fourth-order valence-corrected chi connectivity index (χ4v) is 3.84. The van der Waals surface area contributed by atoms with Gasteiger partial charge in [-0.1, -0.05) is 12.1 Å². The molecule has 1 unspecified atom stereocenters. The maximum Gasteiger partial charge on any atom is 0.317 e. The van der Waals surface area contributed by atoms with E-state index in [9.17, 15) is 39.8 Å². The highest BCUT2D eigenvalue weighted by atomic mass is 16.6. The normalized spacial score (nSPS) is 19.6. The molecule has 2 rings (SSSR count). The molecule has 0 aliphatic carbocycles. The Hall–Kier alpha value is -3.13. The molecule has 1 aromatic rings. The third-order valence-electron chi connectivity index (χ3n) is 5.47. The molecule has 13 heteroatoms. The summed E-state index contributed by atoms with van der Waals surface area (Å²) in [6, 6.07) is 5.47. The highest BCUT2D eigenvalue weighted by Gasteiger charge is 2.26. The zero-order valence-corrected chi connectivity index (χ0v) is 18.7. The van der Waals surface area contributed by atoms with Gasteiger partial charge in [0.15, 0.2) is 0 Å². The number of ether oxygens (including phenoxy) is 1. The van der Waals surface area contributed by atoms with Crippen LogP contribution >= 0.6 is 0 Å². The number of rotatable bonds is 9. The molecular formula is C21H30N4O9. The number of hydrogen-bond donors (Lipinski definition) is 3. The van der Waals surface area contributed by atoms with Crippen molar-refractivity contribution in [1.29, 1.82) is 0 Å². The number of carbonyl (C=O) groups is 3. The van der Waals surface area contributed by atoms with Gasteiger partial charge in [0.2, 0.25) is 0 Å². The van der Waals surface area contributed by atoms with E-state index in [1.807, 2.05) is 0 Å². The zero-order valence-electron chi connectivity index (χ0n) is 18.7. The van der Waals surface area contributed by atoms with Crippen LogP contribution in [0.15, 0.2) is 24.3 Å². The molecule has 3 N–H and O–H groups in total. The molecule has 1 atom stereocenters. The van der Waals surface area contributed by atoms with E-state index in [2.05, 4.69) is 0 Å². The average Bonchev–Trinajstić information content (AvgIpc) is 2.74. The largest absolute Gasteiger partial charge is 0.480 e. The molecule has 188 valence electrons. The summed E-state index contributed by atoms with van der Waals surface area (Å²) >= 11 is 0. The van der Waals surface area contributed by atoms with Crippen molar-refractivity contribution in [1.82, 2.24) is 14.7 Å². The van der Waals surface area contributed by atoms with Gasteiger partial charge in [0, 0.05) is 50.9 Å². The van der Waals surface area contributed by atoms with Crippen LogP contribution in [0.1, 0.15) is 5.56 Å². The van der Waals surface area contributed by atoms with Gasteiger partial charge in [-0.2, -0.15) is 0 Å². The molecule has 1 saturated heterocycles. The Kier molecular flexibility index (Phi) is 10.8. The van der Waals surface area contributed by atoms with Gasteiger partial charge in [-0.25, -0.2) is 0 Å². The molecule has 1 aliphatic heterocycles. The van der Waals surface area contributed by atoms with Crippen LogP contribution in [-0.2, 0) is 25.5 Å². The number of non-ortho nitro benzene ring substituents is 1. The minimum atomic E-state index is -1.07. The molecule has 1 aromatic carbocycles. The number of aliphatic carboxylic acids is 3. The van der Waals surface area contributed by atoms with Crippen molar-refractivity contribution in [2.24, 2.45) is 0 Å². The van der Waals surface area contributed by atoms with Crippen LogP contribution in [0.2, 0.25) is 0 Å². The highest BCUT2D eigenvalue weighted by Crippen LogP contribution is 2.16. The molecule has 0 spiro atoms. The third-order valence-corrected chi connectivity index (χ3v) is 5.47. The summed E-state index contributed by atoms with van der Waals surface area (Å²) in [5.74, 6) is -3.11. The highest BCUT2D eigenvalue weighted by molar-refractivity contribution is 5.70. The predicted octanol–water partition coefficient (Wildman–Crippen LogP) is -0.304. The van der Waals surface area contributed by atoms with Gasteiger partial charge in [0.25, 0.3) is 5.69 Å². The van der Waals surface area contributed by atoms with Gasteiger partial charge in [-0.15, -0.1) is 0 Å². The molecule has 0 saturated carbocycles. The molecule has 0 amide bonds. The van der Waals surface area contributed by atoms with E-state index >= 15 is 0 Å². The van der Waals surface area contributed by atoms with Crippen LogP contribution in [0.4, 0.5) is 5.69 Å². The van der Waals surface area contributed by atoms with Crippen molar-refractivity contribution < 1.29 is 39.4 Å². The Labute approximate surface area is 196 Å². The summed E-state index contributed by atoms with van der Waals surface area (Å²) in [5, 5.41) is 39.0. The molecule has 13 nitrogen and oxygen atoms in total. The minimum Gasteiger partial charge on any atom is -0.480 e. The van der Waals surface area contributed by atoms with Gasteiger partial charge < -0.3 is 20.1 Å². The quantitative estimate of drug-likeness (QED) is 0.310. The summed E-state index contributed by atoms with van der Waals surface area (Å²) in [6.07, 6.45) is 0.321. The molecule has 0 aromatic heterocycles. The first kappa shape index (κ1) is 27.1. The molecular weight excluding hydrogens is 452 g/mol. The fourth-order valence-electron chi connectivity index (χ4n) is 3.84. The Morgan fingerprint density at radius 2 is 1.44 bits per heavy atom. The first-order chi connectivity index (χ1) is 16.1. The van der Waals surface area contributed by atoms with Crippen LogP contribution in [0.3, 0.4) is 0 Å². The maximum atomic E-state index is 11.6. The lowest BCUT2D eigenvalue weighted by Gasteiger charge is -2.36.